The van der Waals surface area contributed by atoms with E-state index in [0.717, 1.165) is 0 Å². The lowest BCUT2D eigenvalue weighted by Crippen LogP contribution is -2.72. The third-order valence-corrected chi connectivity index (χ3v) is 7.26. The van der Waals surface area contributed by atoms with Gasteiger partial charge in [-0.3, -0.25) is 4.48 Å². The Hall–Kier alpha value is -0.470. The molecular weight excluding hydrogens is 253 g/mol. The Kier molecular flexibility index (Phi) is 2.75. The average molecular weight is 276 g/mol. The fourth-order valence-electron chi connectivity index (χ4n) is 3.95. The molecule has 4 aliphatic rings. The Bertz CT molecular complexity index is 447. The third kappa shape index (κ3) is 1.95. The van der Waals surface area contributed by atoms with Crippen LogP contribution in [0.1, 0.15) is 25.3 Å². The zero-order valence-electron chi connectivity index (χ0n) is 11.9. The van der Waals surface area contributed by atoms with Crippen LogP contribution in [-0.4, -0.2) is 48.7 Å². The lowest BCUT2D eigenvalue weighted by molar-refractivity contribution is -0.0206. The minimum atomic E-state index is 0.220. The first kappa shape index (κ1) is 12.3. The quantitative estimate of drug-likeness (QED) is 0.605. The summed E-state index contributed by atoms with van der Waals surface area (Å²) < 4.78 is 1.20. The molecule has 3 nitrogen and oxygen atoms in total. The van der Waals surface area contributed by atoms with E-state index in [2.05, 4.69) is 47.9 Å². The number of hydrogen-bond acceptors (Lipinski definition) is 2. The number of nitrogens with zero attached hydrogens (tertiary/aromatic N) is 3. The second-order valence-electron chi connectivity index (χ2n) is 6.75. The van der Waals surface area contributed by atoms with E-state index in [1.807, 2.05) is 0 Å². The highest BCUT2D eigenvalue weighted by Gasteiger charge is 2.50. The molecule has 2 atom stereocenters. The molecular formula is C15H23N3P+. The van der Waals surface area contributed by atoms with Gasteiger partial charge in [-0.2, -0.15) is 0 Å². The standard InChI is InChI=1S/C15H23N3P/c1-13(2)14-3-5-15(6-4-14)18-8-16-7-17(9-18)11-19(10-16)12-18/h3-6,13H,7-12H2,1-2H3/q+1. The molecule has 102 valence electrons. The van der Waals surface area contributed by atoms with Gasteiger partial charge < -0.3 is 0 Å². The van der Waals surface area contributed by atoms with Crippen LogP contribution in [0.5, 0.6) is 0 Å². The molecule has 0 aliphatic carbocycles. The highest BCUT2D eigenvalue weighted by Crippen LogP contribution is 2.52. The summed E-state index contributed by atoms with van der Waals surface area (Å²) in [5.41, 5.74) is 3.00. The molecule has 4 saturated heterocycles. The maximum absolute atomic E-state index is 2.67. The van der Waals surface area contributed by atoms with E-state index in [0.29, 0.717) is 5.92 Å². The molecule has 4 heteroatoms. The Morgan fingerprint density at radius 1 is 1.05 bits per heavy atom. The summed E-state index contributed by atoms with van der Waals surface area (Å²) in [6.45, 7) is 8.22. The van der Waals surface area contributed by atoms with E-state index >= 15 is 0 Å². The number of hydrogen-bond donors (Lipinski definition) is 0. The lowest BCUT2D eigenvalue weighted by Gasteiger charge is -2.59. The summed E-state index contributed by atoms with van der Waals surface area (Å²) in [6.07, 6.45) is 4.18. The fourth-order valence-corrected chi connectivity index (χ4v) is 6.82. The van der Waals surface area contributed by atoms with E-state index < -0.39 is 0 Å². The second-order valence-corrected chi connectivity index (χ2v) is 8.94. The van der Waals surface area contributed by atoms with Crippen LogP contribution >= 0.6 is 7.92 Å². The van der Waals surface area contributed by atoms with E-state index in [1.54, 1.807) is 0 Å². The van der Waals surface area contributed by atoms with Crippen molar-refractivity contribution in [2.24, 2.45) is 0 Å². The van der Waals surface area contributed by atoms with Crippen LogP contribution in [0.3, 0.4) is 0 Å². The smallest absolute Gasteiger partial charge is 0.142 e. The molecule has 1 aromatic carbocycles. The van der Waals surface area contributed by atoms with E-state index in [4.69, 9.17) is 0 Å². The van der Waals surface area contributed by atoms with Crippen molar-refractivity contribution in [1.82, 2.24) is 14.3 Å². The van der Waals surface area contributed by atoms with Crippen LogP contribution in [0.15, 0.2) is 24.3 Å². The number of quaternary nitrogens is 1. The maximum Gasteiger partial charge on any atom is 0.142 e. The van der Waals surface area contributed by atoms with Crippen LogP contribution in [0.25, 0.3) is 0 Å². The van der Waals surface area contributed by atoms with Crippen molar-refractivity contribution in [3.63, 3.8) is 0 Å². The van der Waals surface area contributed by atoms with Crippen molar-refractivity contribution in [1.29, 1.82) is 0 Å². The summed E-state index contributed by atoms with van der Waals surface area (Å²) in [6, 6.07) is 9.46. The van der Waals surface area contributed by atoms with Gasteiger partial charge in [-0.15, -0.1) is 0 Å². The first-order valence-electron chi connectivity index (χ1n) is 7.28. The molecule has 19 heavy (non-hydrogen) atoms. The van der Waals surface area contributed by atoms with Gasteiger partial charge in [-0.25, -0.2) is 9.80 Å². The van der Waals surface area contributed by atoms with Gasteiger partial charge in [-0.1, -0.05) is 26.0 Å². The van der Waals surface area contributed by atoms with E-state index in [-0.39, 0.29) is 7.92 Å². The average Bonchev–Trinajstić information content (AvgIpc) is 2.37. The Morgan fingerprint density at radius 3 is 2.21 bits per heavy atom. The normalized spacial score (nSPS) is 40.1. The molecule has 5 rings (SSSR count). The minimum Gasteiger partial charge on any atom is -0.263 e. The lowest BCUT2D eigenvalue weighted by atomic mass is 10.0. The van der Waals surface area contributed by atoms with Gasteiger partial charge in [0.25, 0.3) is 0 Å². The van der Waals surface area contributed by atoms with Crippen LogP contribution in [0, 0.1) is 0 Å². The first-order valence-corrected chi connectivity index (χ1v) is 9.18. The summed E-state index contributed by atoms with van der Waals surface area (Å²) in [7, 11) is 0.220. The molecule has 0 amide bonds. The predicted octanol–water partition coefficient (Wildman–Crippen LogP) is 2.99. The van der Waals surface area contributed by atoms with Crippen molar-refractivity contribution in [3.8, 4) is 0 Å². The summed E-state index contributed by atoms with van der Waals surface area (Å²) in [4.78, 5) is 5.33. The molecule has 0 aromatic heterocycles. The molecule has 4 heterocycles. The first-order chi connectivity index (χ1) is 9.14. The summed E-state index contributed by atoms with van der Waals surface area (Å²) in [5, 5.41) is 0. The largest absolute Gasteiger partial charge is 0.263 e. The Balaban J connectivity index is 1.67. The molecule has 4 bridgehead atoms. The molecule has 4 fully saturated rings. The zero-order valence-corrected chi connectivity index (χ0v) is 12.8. The van der Waals surface area contributed by atoms with Gasteiger partial charge >= 0.3 is 0 Å². The monoisotopic (exact) mass is 276 g/mol. The van der Waals surface area contributed by atoms with Crippen molar-refractivity contribution in [3.05, 3.63) is 29.8 Å². The highest BCUT2D eigenvalue weighted by atomic mass is 31.1. The van der Waals surface area contributed by atoms with Crippen LogP contribution in [0.2, 0.25) is 0 Å². The van der Waals surface area contributed by atoms with Crippen LogP contribution < -0.4 is 4.48 Å². The topological polar surface area (TPSA) is 6.48 Å². The third-order valence-electron chi connectivity index (χ3n) is 4.72. The van der Waals surface area contributed by atoms with Crippen LogP contribution in [0.4, 0.5) is 5.69 Å². The SMILES string of the molecule is CC(C)c1ccc([N+]23CN4CN(CP(C4)C2)C3)cc1. The minimum absolute atomic E-state index is 0.220. The van der Waals surface area contributed by atoms with E-state index in [1.165, 1.54) is 54.6 Å². The van der Waals surface area contributed by atoms with E-state index in [9.17, 15) is 0 Å². The van der Waals surface area contributed by atoms with Gasteiger partial charge in [0.1, 0.15) is 25.3 Å². The Labute approximate surface area is 117 Å². The molecule has 2 unspecified atom stereocenters. The molecule has 0 N–H and O–H groups in total. The van der Waals surface area contributed by atoms with Crippen molar-refractivity contribution < 1.29 is 0 Å². The van der Waals surface area contributed by atoms with Gasteiger partial charge in [0.05, 0.1) is 6.67 Å². The predicted molar refractivity (Wildman–Crippen MR) is 82.1 cm³/mol. The summed E-state index contributed by atoms with van der Waals surface area (Å²) >= 11 is 0. The maximum atomic E-state index is 2.67. The zero-order chi connectivity index (χ0) is 13.0. The van der Waals surface area contributed by atoms with Crippen molar-refractivity contribution in [2.45, 2.75) is 19.8 Å². The number of benzene rings is 1. The van der Waals surface area contributed by atoms with Crippen LogP contribution in [-0.2, 0) is 0 Å². The van der Waals surface area contributed by atoms with Gasteiger partial charge in [0.2, 0.25) is 0 Å². The molecule has 0 spiro atoms. The highest BCUT2D eigenvalue weighted by molar-refractivity contribution is 7.57. The van der Waals surface area contributed by atoms with Gasteiger partial charge in [0, 0.05) is 12.6 Å². The van der Waals surface area contributed by atoms with Crippen molar-refractivity contribution in [2.75, 3.05) is 38.9 Å². The molecule has 1 aromatic rings. The van der Waals surface area contributed by atoms with Gasteiger partial charge in [0.15, 0.2) is 0 Å². The molecule has 0 radical (unpaired) electrons. The molecule has 4 aliphatic heterocycles. The Morgan fingerprint density at radius 2 is 1.68 bits per heavy atom. The fraction of sp³-hybridized carbons (Fsp3) is 0.600. The second kappa shape index (κ2) is 4.26. The van der Waals surface area contributed by atoms with Gasteiger partial charge in [-0.05, 0) is 31.5 Å². The number of rotatable bonds is 2. The van der Waals surface area contributed by atoms with Crippen molar-refractivity contribution >= 4 is 13.6 Å². The molecule has 0 saturated carbocycles. The summed E-state index contributed by atoms with van der Waals surface area (Å²) in [5.74, 6) is 0.634.